The molecule has 0 bridgehead atoms. The zero-order valence-electron chi connectivity index (χ0n) is 8.99. The van der Waals surface area contributed by atoms with Gasteiger partial charge in [0.25, 0.3) is 0 Å². The van der Waals surface area contributed by atoms with Gasteiger partial charge in [-0.25, -0.2) is 13.8 Å². The van der Waals surface area contributed by atoms with E-state index in [1.165, 1.54) is 11.0 Å². The molecule has 2 heterocycles. The molecule has 1 unspecified atom stereocenters. The van der Waals surface area contributed by atoms with E-state index < -0.39 is 11.6 Å². The molecule has 0 saturated carbocycles. The first kappa shape index (κ1) is 11.8. The highest BCUT2D eigenvalue weighted by atomic mass is 35.5. The van der Waals surface area contributed by atoms with E-state index in [1.54, 1.807) is 0 Å². The van der Waals surface area contributed by atoms with Crippen molar-refractivity contribution >= 4 is 44.2 Å². The van der Waals surface area contributed by atoms with Crippen LogP contribution in [0.2, 0.25) is 0 Å². The number of hydrogen-bond donors (Lipinski definition) is 0. The number of amides is 1. The molecule has 2 aromatic rings. The summed E-state index contributed by atoms with van der Waals surface area (Å²) < 4.78 is 26.9. The fourth-order valence-corrected chi connectivity index (χ4v) is 3.21. The number of fused-ring (bicyclic) bond motifs is 1. The maximum Gasteiger partial charge on any atom is 0.230 e. The molecule has 0 N–H and O–H groups in total. The van der Waals surface area contributed by atoms with Crippen LogP contribution in [0.5, 0.6) is 0 Å². The second-order valence-corrected chi connectivity index (χ2v) is 5.66. The number of anilines is 1. The largest absolute Gasteiger partial charge is 0.287 e. The first-order chi connectivity index (χ1) is 8.54. The number of halogens is 3. The smallest absolute Gasteiger partial charge is 0.230 e. The van der Waals surface area contributed by atoms with E-state index >= 15 is 0 Å². The van der Waals surface area contributed by atoms with Crippen LogP contribution >= 0.6 is 22.9 Å². The lowest BCUT2D eigenvalue weighted by molar-refractivity contribution is -0.117. The maximum atomic E-state index is 13.5. The number of rotatable bonds is 1. The van der Waals surface area contributed by atoms with Gasteiger partial charge in [-0.1, -0.05) is 11.3 Å². The van der Waals surface area contributed by atoms with Gasteiger partial charge >= 0.3 is 0 Å². The van der Waals surface area contributed by atoms with E-state index in [-0.39, 0.29) is 23.2 Å². The highest BCUT2D eigenvalue weighted by Gasteiger charge is 2.31. The summed E-state index contributed by atoms with van der Waals surface area (Å²) in [6.45, 7) is 0.351. The minimum absolute atomic E-state index is 0.0854. The maximum absolute atomic E-state index is 13.5. The van der Waals surface area contributed by atoms with Crippen LogP contribution in [-0.4, -0.2) is 22.8 Å². The van der Waals surface area contributed by atoms with E-state index in [2.05, 4.69) is 4.98 Å². The summed E-state index contributed by atoms with van der Waals surface area (Å²) >= 11 is 6.97. The lowest BCUT2D eigenvalue weighted by Crippen LogP contribution is -2.24. The molecule has 1 fully saturated rings. The van der Waals surface area contributed by atoms with Gasteiger partial charge in [-0.3, -0.25) is 9.69 Å². The van der Waals surface area contributed by atoms with Crippen molar-refractivity contribution in [3.63, 3.8) is 0 Å². The molecule has 1 aromatic heterocycles. The van der Waals surface area contributed by atoms with Crippen LogP contribution in [0, 0.1) is 11.6 Å². The van der Waals surface area contributed by atoms with Gasteiger partial charge in [0.15, 0.2) is 10.9 Å². The van der Waals surface area contributed by atoms with E-state index in [9.17, 15) is 13.6 Å². The summed E-state index contributed by atoms with van der Waals surface area (Å²) in [5.41, 5.74) is 0.0854. The van der Waals surface area contributed by atoms with E-state index in [1.807, 2.05) is 0 Å². The van der Waals surface area contributed by atoms with Gasteiger partial charge in [0.05, 0.1) is 10.1 Å². The number of alkyl halides is 1. The zero-order chi connectivity index (χ0) is 12.9. The standard InChI is InChI=1S/C11H7ClF2N2OS/c12-5-1-9(17)16(4-5)11-15-10-7(14)2-6(13)3-8(10)18-11/h2-3,5H,1,4H2. The van der Waals surface area contributed by atoms with Gasteiger partial charge < -0.3 is 0 Å². The molecular weight excluding hydrogens is 282 g/mol. The number of carbonyl (C=O) groups is 1. The summed E-state index contributed by atoms with van der Waals surface area (Å²) in [7, 11) is 0. The summed E-state index contributed by atoms with van der Waals surface area (Å²) in [4.78, 5) is 17.1. The quantitative estimate of drug-likeness (QED) is 0.756. The van der Waals surface area contributed by atoms with Crippen molar-refractivity contribution in [3.8, 4) is 0 Å². The van der Waals surface area contributed by atoms with Crippen LogP contribution in [0.1, 0.15) is 6.42 Å². The third-order valence-electron chi connectivity index (χ3n) is 2.71. The van der Waals surface area contributed by atoms with Crippen LogP contribution < -0.4 is 4.90 Å². The predicted octanol–water partition coefficient (Wildman–Crippen LogP) is 2.92. The molecule has 3 rings (SSSR count). The number of hydrogen-bond acceptors (Lipinski definition) is 3. The van der Waals surface area contributed by atoms with Crippen molar-refractivity contribution in [2.24, 2.45) is 0 Å². The van der Waals surface area contributed by atoms with Crippen molar-refractivity contribution < 1.29 is 13.6 Å². The van der Waals surface area contributed by atoms with E-state index in [4.69, 9.17) is 11.6 Å². The molecular formula is C11H7ClF2N2OS. The molecule has 94 valence electrons. The average molecular weight is 289 g/mol. The number of nitrogens with zero attached hydrogens (tertiary/aromatic N) is 2. The van der Waals surface area contributed by atoms with E-state index in [0.717, 1.165) is 17.4 Å². The highest BCUT2D eigenvalue weighted by molar-refractivity contribution is 7.22. The number of carbonyl (C=O) groups excluding carboxylic acids is 1. The van der Waals surface area contributed by atoms with Gasteiger partial charge in [-0.15, -0.1) is 11.6 Å². The van der Waals surface area contributed by atoms with Crippen LogP contribution in [-0.2, 0) is 4.79 Å². The van der Waals surface area contributed by atoms with Gasteiger partial charge in [0.1, 0.15) is 11.3 Å². The molecule has 1 atom stereocenters. The molecule has 0 spiro atoms. The second-order valence-electron chi connectivity index (χ2n) is 4.04. The first-order valence-corrected chi connectivity index (χ1v) is 6.50. The van der Waals surface area contributed by atoms with Crippen LogP contribution in [0.4, 0.5) is 13.9 Å². The van der Waals surface area contributed by atoms with Crippen LogP contribution in [0.3, 0.4) is 0 Å². The number of thiazole rings is 1. The topological polar surface area (TPSA) is 33.2 Å². The minimum atomic E-state index is -0.721. The van der Waals surface area contributed by atoms with Crippen molar-refractivity contribution in [1.29, 1.82) is 0 Å². The van der Waals surface area contributed by atoms with Crippen molar-refractivity contribution in [2.45, 2.75) is 11.8 Å². The van der Waals surface area contributed by atoms with Crippen LogP contribution in [0.25, 0.3) is 10.2 Å². The minimum Gasteiger partial charge on any atom is -0.287 e. The van der Waals surface area contributed by atoms with Crippen molar-refractivity contribution in [2.75, 3.05) is 11.4 Å². The fourth-order valence-electron chi connectivity index (χ4n) is 1.91. The molecule has 1 aliphatic rings. The molecule has 1 saturated heterocycles. The van der Waals surface area contributed by atoms with Gasteiger partial charge in [0, 0.05) is 19.0 Å². The predicted molar refractivity (Wildman–Crippen MR) is 66.1 cm³/mol. The third-order valence-corrected chi connectivity index (χ3v) is 4.03. The number of aromatic nitrogens is 1. The Morgan fingerprint density at radius 3 is 2.89 bits per heavy atom. The molecule has 1 amide bonds. The molecule has 0 aliphatic carbocycles. The Hall–Kier alpha value is -1.27. The molecule has 7 heteroatoms. The highest BCUT2D eigenvalue weighted by Crippen LogP contribution is 2.33. The summed E-state index contributed by atoms with van der Waals surface area (Å²) in [6.07, 6.45) is 0.244. The molecule has 18 heavy (non-hydrogen) atoms. The summed E-state index contributed by atoms with van der Waals surface area (Å²) in [5, 5.41) is 0.105. The molecule has 0 radical (unpaired) electrons. The van der Waals surface area contributed by atoms with Crippen LogP contribution in [0.15, 0.2) is 12.1 Å². The van der Waals surface area contributed by atoms with Gasteiger partial charge in [0.2, 0.25) is 5.91 Å². The molecule has 1 aliphatic heterocycles. The zero-order valence-corrected chi connectivity index (χ0v) is 10.6. The Labute approximate surface area is 110 Å². The van der Waals surface area contributed by atoms with E-state index in [0.29, 0.717) is 16.4 Å². The Bertz CT molecular complexity index is 645. The lowest BCUT2D eigenvalue weighted by atomic mass is 10.3. The fraction of sp³-hybridized carbons (Fsp3) is 0.273. The summed E-state index contributed by atoms with van der Waals surface area (Å²) in [6, 6.07) is 1.99. The Kier molecular flexibility index (Phi) is 2.71. The van der Waals surface area contributed by atoms with Crippen molar-refractivity contribution in [3.05, 3.63) is 23.8 Å². The Balaban J connectivity index is 2.09. The van der Waals surface area contributed by atoms with Gasteiger partial charge in [-0.2, -0.15) is 0 Å². The average Bonchev–Trinajstić information content (AvgIpc) is 2.81. The Morgan fingerprint density at radius 2 is 2.22 bits per heavy atom. The normalized spacial score (nSPS) is 20.1. The van der Waals surface area contributed by atoms with Crippen molar-refractivity contribution in [1.82, 2.24) is 4.98 Å². The third kappa shape index (κ3) is 1.85. The van der Waals surface area contributed by atoms with Gasteiger partial charge in [-0.05, 0) is 6.07 Å². The number of benzene rings is 1. The molecule has 3 nitrogen and oxygen atoms in total. The summed E-state index contributed by atoms with van der Waals surface area (Å²) in [5.74, 6) is -1.52. The Morgan fingerprint density at radius 1 is 1.44 bits per heavy atom. The lowest BCUT2D eigenvalue weighted by Gasteiger charge is -2.10. The second kappa shape index (κ2) is 4.13. The molecule has 1 aromatic carbocycles. The SMILES string of the molecule is O=C1CC(Cl)CN1c1nc2c(F)cc(F)cc2s1. The monoisotopic (exact) mass is 288 g/mol. The first-order valence-electron chi connectivity index (χ1n) is 5.24.